The van der Waals surface area contributed by atoms with Crippen molar-refractivity contribution in [1.82, 2.24) is 0 Å². The lowest BCUT2D eigenvalue weighted by atomic mass is 10.1. The summed E-state index contributed by atoms with van der Waals surface area (Å²) in [5.41, 5.74) is 1.13. The van der Waals surface area contributed by atoms with E-state index in [1.807, 2.05) is 18.2 Å². The molecule has 1 heteroatoms. The molecular formula is C10H9F. The van der Waals surface area contributed by atoms with Crippen LogP contribution < -0.4 is 0 Å². The standard InChI is InChI=1S/C10H9F/c1-8(9(2)11)10-6-4-3-5-7-10/h3-7H,1-2H2. The van der Waals surface area contributed by atoms with Crippen LogP contribution in [0.3, 0.4) is 0 Å². The molecule has 0 aromatic heterocycles. The molecule has 0 saturated carbocycles. The molecule has 1 rings (SSSR count). The molecule has 0 saturated heterocycles. The molecule has 0 fully saturated rings. The first-order valence-electron chi connectivity index (χ1n) is 3.31. The molecule has 0 aliphatic rings. The molecule has 0 heterocycles. The largest absolute Gasteiger partial charge is 0.207 e. The van der Waals surface area contributed by atoms with Crippen molar-refractivity contribution < 1.29 is 4.39 Å². The lowest BCUT2D eigenvalue weighted by Gasteiger charge is -1.99. The van der Waals surface area contributed by atoms with E-state index in [0.29, 0.717) is 5.57 Å². The Hall–Kier alpha value is -1.37. The minimum atomic E-state index is -0.476. The molecule has 0 spiro atoms. The maximum absolute atomic E-state index is 12.5. The molecule has 0 N–H and O–H groups in total. The SMILES string of the molecule is C=C(F)C(=C)c1ccccc1. The minimum absolute atomic E-state index is 0.352. The second-order valence-corrected chi connectivity index (χ2v) is 2.25. The van der Waals surface area contributed by atoms with Gasteiger partial charge in [-0.3, -0.25) is 0 Å². The van der Waals surface area contributed by atoms with Crippen LogP contribution in [0.4, 0.5) is 4.39 Å². The molecule has 0 unspecified atom stereocenters. The Morgan fingerprint density at radius 1 is 1.09 bits per heavy atom. The van der Waals surface area contributed by atoms with Gasteiger partial charge in [-0.05, 0) is 5.56 Å². The third kappa shape index (κ3) is 1.77. The summed E-state index contributed by atoms with van der Waals surface area (Å²) in [5.74, 6) is -0.476. The molecular weight excluding hydrogens is 139 g/mol. The van der Waals surface area contributed by atoms with Crippen molar-refractivity contribution in [2.45, 2.75) is 0 Å². The maximum atomic E-state index is 12.5. The molecule has 0 atom stereocenters. The molecule has 1 aromatic rings. The zero-order valence-electron chi connectivity index (χ0n) is 6.18. The summed E-state index contributed by atoms with van der Waals surface area (Å²) in [6.45, 7) is 6.72. The van der Waals surface area contributed by atoms with Crippen molar-refractivity contribution in [3.8, 4) is 0 Å². The van der Waals surface area contributed by atoms with Gasteiger partial charge in [0.2, 0.25) is 0 Å². The van der Waals surface area contributed by atoms with Crippen LogP contribution in [0.5, 0.6) is 0 Å². The molecule has 0 radical (unpaired) electrons. The van der Waals surface area contributed by atoms with Crippen LogP contribution in [0, 0.1) is 0 Å². The van der Waals surface area contributed by atoms with Crippen LogP contribution in [0.15, 0.2) is 49.3 Å². The predicted molar refractivity (Wildman–Crippen MR) is 45.7 cm³/mol. The smallest absolute Gasteiger partial charge is 0.123 e. The maximum Gasteiger partial charge on any atom is 0.123 e. The normalized spacial score (nSPS) is 9.18. The third-order valence-corrected chi connectivity index (χ3v) is 1.45. The third-order valence-electron chi connectivity index (χ3n) is 1.45. The Balaban J connectivity index is 2.95. The van der Waals surface area contributed by atoms with Crippen molar-refractivity contribution in [3.05, 3.63) is 54.9 Å². The zero-order chi connectivity index (χ0) is 8.27. The van der Waals surface area contributed by atoms with Gasteiger partial charge in [0.15, 0.2) is 0 Å². The number of hydrogen-bond acceptors (Lipinski definition) is 0. The van der Waals surface area contributed by atoms with Crippen LogP contribution in [0.2, 0.25) is 0 Å². The van der Waals surface area contributed by atoms with Gasteiger partial charge in [0.1, 0.15) is 5.83 Å². The Kier molecular flexibility index (Phi) is 2.21. The van der Waals surface area contributed by atoms with Gasteiger partial charge in [0.25, 0.3) is 0 Å². The van der Waals surface area contributed by atoms with Crippen LogP contribution >= 0.6 is 0 Å². The van der Waals surface area contributed by atoms with Gasteiger partial charge >= 0.3 is 0 Å². The van der Waals surface area contributed by atoms with Crippen molar-refractivity contribution >= 4 is 5.57 Å². The Labute approximate surface area is 65.7 Å². The van der Waals surface area contributed by atoms with E-state index < -0.39 is 5.83 Å². The lowest BCUT2D eigenvalue weighted by Crippen LogP contribution is -1.79. The van der Waals surface area contributed by atoms with E-state index in [4.69, 9.17) is 0 Å². The van der Waals surface area contributed by atoms with Gasteiger partial charge in [-0.25, -0.2) is 4.39 Å². The molecule has 1 aromatic carbocycles. The van der Waals surface area contributed by atoms with Gasteiger partial charge in [-0.15, -0.1) is 0 Å². The summed E-state index contributed by atoms with van der Waals surface area (Å²) in [6, 6.07) is 9.14. The second-order valence-electron chi connectivity index (χ2n) is 2.25. The monoisotopic (exact) mass is 148 g/mol. The zero-order valence-corrected chi connectivity index (χ0v) is 6.18. The van der Waals surface area contributed by atoms with Gasteiger partial charge in [-0.1, -0.05) is 43.5 Å². The molecule has 0 amide bonds. The number of allylic oxidation sites excluding steroid dienone is 2. The highest BCUT2D eigenvalue weighted by molar-refractivity contribution is 5.74. The Morgan fingerprint density at radius 2 is 1.64 bits per heavy atom. The first-order valence-corrected chi connectivity index (χ1v) is 3.31. The fraction of sp³-hybridized carbons (Fsp3) is 0. The van der Waals surface area contributed by atoms with Crippen molar-refractivity contribution in [2.75, 3.05) is 0 Å². The molecule has 0 aliphatic heterocycles. The second kappa shape index (κ2) is 3.15. The highest BCUT2D eigenvalue weighted by Gasteiger charge is 1.99. The van der Waals surface area contributed by atoms with E-state index >= 15 is 0 Å². The van der Waals surface area contributed by atoms with Crippen molar-refractivity contribution in [3.63, 3.8) is 0 Å². The van der Waals surface area contributed by atoms with Crippen LogP contribution in [-0.4, -0.2) is 0 Å². The minimum Gasteiger partial charge on any atom is -0.207 e. The van der Waals surface area contributed by atoms with E-state index in [1.54, 1.807) is 12.1 Å². The first-order chi connectivity index (χ1) is 5.22. The topological polar surface area (TPSA) is 0 Å². The average Bonchev–Trinajstić information content (AvgIpc) is 2.05. The van der Waals surface area contributed by atoms with E-state index in [0.717, 1.165) is 5.56 Å². The summed E-state index contributed by atoms with van der Waals surface area (Å²) in [5, 5.41) is 0. The summed E-state index contributed by atoms with van der Waals surface area (Å²) >= 11 is 0. The van der Waals surface area contributed by atoms with Crippen LogP contribution in [-0.2, 0) is 0 Å². The van der Waals surface area contributed by atoms with Crippen molar-refractivity contribution in [2.24, 2.45) is 0 Å². The molecule has 0 aliphatic carbocycles. The summed E-state index contributed by atoms with van der Waals surface area (Å²) in [6.07, 6.45) is 0. The molecule has 56 valence electrons. The molecule has 0 bridgehead atoms. The van der Waals surface area contributed by atoms with Crippen molar-refractivity contribution in [1.29, 1.82) is 0 Å². The van der Waals surface area contributed by atoms with Gasteiger partial charge < -0.3 is 0 Å². The fourth-order valence-corrected chi connectivity index (χ4v) is 0.796. The lowest BCUT2D eigenvalue weighted by molar-refractivity contribution is 0.678. The van der Waals surface area contributed by atoms with Gasteiger partial charge in [0.05, 0.1) is 0 Å². The molecule has 11 heavy (non-hydrogen) atoms. The number of rotatable bonds is 2. The van der Waals surface area contributed by atoms with E-state index in [1.165, 1.54) is 0 Å². The van der Waals surface area contributed by atoms with E-state index in [2.05, 4.69) is 13.2 Å². The highest BCUT2D eigenvalue weighted by atomic mass is 19.1. The number of halogens is 1. The van der Waals surface area contributed by atoms with Crippen LogP contribution in [0.25, 0.3) is 5.57 Å². The van der Waals surface area contributed by atoms with Gasteiger partial charge in [-0.2, -0.15) is 0 Å². The quantitative estimate of drug-likeness (QED) is 0.565. The van der Waals surface area contributed by atoms with Gasteiger partial charge in [0, 0.05) is 5.57 Å². The number of benzene rings is 1. The summed E-state index contributed by atoms with van der Waals surface area (Å²) < 4.78 is 12.5. The van der Waals surface area contributed by atoms with Crippen LogP contribution in [0.1, 0.15) is 5.56 Å². The Bertz CT molecular complexity index is 272. The average molecular weight is 148 g/mol. The predicted octanol–water partition coefficient (Wildman–Crippen LogP) is 3.18. The fourth-order valence-electron chi connectivity index (χ4n) is 0.796. The van der Waals surface area contributed by atoms with E-state index in [-0.39, 0.29) is 0 Å². The highest BCUT2D eigenvalue weighted by Crippen LogP contribution is 2.19. The van der Waals surface area contributed by atoms with E-state index in [9.17, 15) is 4.39 Å². The summed E-state index contributed by atoms with van der Waals surface area (Å²) in [7, 11) is 0. The Morgan fingerprint density at radius 3 is 2.09 bits per heavy atom. The summed E-state index contributed by atoms with van der Waals surface area (Å²) in [4.78, 5) is 0. The number of hydrogen-bond donors (Lipinski definition) is 0. The first kappa shape index (κ1) is 7.73. The molecule has 0 nitrogen and oxygen atoms in total.